The summed E-state index contributed by atoms with van der Waals surface area (Å²) in [6.45, 7) is 4.59. The number of Topliss-reactive ketones (excluding diaryl/α,β-unsaturated/α-hetero) is 3. The summed E-state index contributed by atoms with van der Waals surface area (Å²) in [4.78, 5) is 67.0. The number of carbonyl (C=O) groups excluding carboxylic acids is 5. The molecule has 116 valence electrons. The van der Waals surface area contributed by atoms with Gasteiger partial charge in [0.15, 0.2) is 11.6 Å². The van der Waals surface area contributed by atoms with Gasteiger partial charge in [-0.1, -0.05) is 6.58 Å². The number of hydrogen-bond acceptors (Lipinski definition) is 8. The summed E-state index contributed by atoms with van der Waals surface area (Å²) in [5.74, 6) is -4.65. The van der Waals surface area contributed by atoms with Crippen molar-refractivity contribution in [2.75, 3.05) is 0 Å². The van der Waals surface area contributed by atoms with Gasteiger partial charge in [-0.25, -0.2) is 19.4 Å². The van der Waals surface area contributed by atoms with E-state index in [0.29, 0.717) is 0 Å². The summed E-state index contributed by atoms with van der Waals surface area (Å²) in [6, 6.07) is 0. The molecule has 0 aliphatic heterocycles. The van der Waals surface area contributed by atoms with Gasteiger partial charge in [0, 0.05) is 24.8 Å². The third-order valence-electron chi connectivity index (χ3n) is 3.33. The first-order chi connectivity index (χ1) is 10.2. The standard InChI is InChI=1S/C14H12O8/c1-6(2)12(18)21-22-13(19)8-3-7(15)4-14(20)5-9(16)10(8)11(14)17/h20H,1,3-5H2,2H3. The molecule has 22 heavy (non-hydrogen) atoms. The van der Waals surface area contributed by atoms with Crippen molar-refractivity contribution in [2.24, 2.45) is 0 Å². The van der Waals surface area contributed by atoms with Gasteiger partial charge in [0.1, 0.15) is 11.4 Å². The lowest BCUT2D eigenvalue weighted by molar-refractivity contribution is -0.252. The van der Waals surface area contributed by atoms with Gasteiger partial charge in [0.25, 0.3) is 0 Å². The molecule has 2 rings (SSSR count). The molecule has 0 spiro atoms. The first-order valence-corrected chi connectivity index (χ1v) is 6.29. The minimum Gasteiger partial charge on any atom is -0.381 e. The van der Waals surface area contributed by atoms with E-state index in [1.807, 2.05) is 0 Å². The van der Waals surface area contributed by atoms with Crippen LogP contribution in [0.15, 0.2) is 23.3 Å². The summed E-state index contributed by atoms with van der Waals surface area (Å²) in [6.07, 6.45) is -1.67. The molecule has 0 heterocycles. The molecule has 2 bridgehead atoms. The van der Waals surface area contributed by atoms with Crippen molar-refractivity contribution in [3.8, 4) is 0 Å². The lowest BCUT2D eigenvalue weighted by Gasteiger charge is -2.16. The van der Waals surface area contributed by atoms with Crippen LogP contribution in [0.4, 0.5) is 0 Å². The molecule has 8 heteroatoms. The first kappa shape index (κ1) is 15.8. The van der Waals surface area contributed by atoms with Crippen LogP contribution >= 0.6 is 0 Å². The molecule has 1 N–H and O–H groups in total. The second-order valence-electron chi connectivity index (χ2n) is 5.23. The number of fused-ring (bicyclic) bond motifs is 2. The lowest BCUT2D eigenvalue weighted by Crippen LogP contribution is -2.35. The Hall–Kier alpha value is -2.61. The van der Waals surface area contributed by atoms with Gasteiger partial charge in [0.05, 0.1) is 11.1 Å². The minimum atomic E-state index is -2.10. The fourth-order valence-electron chi connectivity index (χ4n) is 2.29. The SMILES string of the molecule is C=C(C)C(=O)OOC(=O)C1=C2C(=O)CC(O)(CC(=O)C1)C2=O. The van der Waals surface area contributed by atoms with Crippen LogP contribution in [0, 0.1) is 0 Å². The third-order valence-corrected chi connectivity index (χ3v) is 3.33. The third kappa shape index (κ3) is 2.60. The molecule has 0 radical (unpaired) electrons. The van der Waals surface area contributed by atoms with E-state index < -0.39 is 65.3 Å². The van der Waals surface area contributed by atoms with Gasteiger partial charge >= 0.3 is 11.9 Å². The molecule has 0 saturated heterocycles. The number of carbonyl (C=O) groups is 5. The molecule has 1 fully saturated rings. The minimum absolute atomic E-state index is 0.0372. The van der Waals surface area contributed by atoms with Crippen molar-refractivity contribution in [1.82, 2.24) is 0 Å². The Labute approximate surface area is 124 Å². The zero-order valence-electron chi connectivity index (χ0n) is 11.6. The van der Waals surface area contributed by atoms with Crippen LogP contribution in [0.1, 0.15) is 26.2 Å². The zero-order valence-corrected chi connectivity index (χ0v) is 11.6. The summed E-state index contributed by atoms with van der Waals surface area (Å²) in [7, 11) is 0. The Morgan fingerprint density at radius 1 is 1.18 bits per heavy atom. The molecule has 0 aromatic heterocycles. The maximum absolute atomic E-state index is 12.0. The summed E-state index contributed by atoms with van der Waals surface area (Å²) in [5, 5.41) is 10.0. The quantitative estimate of drug-likeness (QED) is 0.313. The van der Waals surface area contributed by atoms with Crippen molar-refractivity contribution in [3.63, 3.8) is 0 Å². The number of aliphatic hydroxyl groups is 1. The summed E-state index contributed by atoms with van der Waals surface area (Å²) >= 11 is 0. The highest BCUT2D eigenvalue weighted by Crippen LogP contribution is 2.37. The van der Waals surface area contributed by atoms with E-state index in [9.17, 15) is 29.1 Å². The Bertz CT molecular complexity index is 668. The zero-order chi connectivity index (χ0) is 16.7. The van der Waals surface area contributed by atoms with Crippen molar-refractivity contribution in [3.05, 3.63) is 23.3 Å². The Morgan fingerprint density at radius 3 is 2.41 bits per heavy atom. The van der Waals surface area contributed by atoms with Gasteiger partial charge < -0.3 is 5.11 Å². The van der Waals surface area contributed by atoms with Crippen LogP contribution in [-0.4, -0.2) is 40.0 Å². The van der Waals surface area contributed by atoms with Crippen molar-refractivity contribution >= 4 is 29.3 Å². The molecular formula is C14H12O8. The van der Waals surface area contributed by atoms with Crippen LogP contribution in [0.25, 0.3) is 0 Å². The summed E-state index contributed by atoms with van der Waals surface area (Å²) < 4.78 is 0. The number of hydrogen-bond donors (Lipinski definition) is 1. The van der Waals surface area contributed by atoms with E-state index in [4.69, 9.17) is 0 Å². The maximum atomic E-state index is 12.0. The normalized spacial score (nSPS) is 24.2. The van der Waals surface area contributed by atoms with Gasteiger partial charge in [-0.05, 0) is 6.92 Å². The molecular weight excluding hydrogens is 296 g/mol. The van der Waals surface area contributed by atoms with Crippen molar-refractivity contribution in [1.29, 1.82) is 0 Å². The average Bonchev–Trinajstić information content (AvgIpc) is 2.56. The van der Waals surface area contributed by atoms with Gasteiger partial charge in [-0.2, -0.15) is 0 Å². The van der Waals surface area contributed by atoms with E-state index in [0.717, 1.165) is 0 Å². The second kappa shape index (κ2) is 5.30. The molecule has 2 aliphatic rings. The molecule has 1 saturated carbocycles. The first-order valence-electron chi connectivity index (χ1n) is 6.29. The predicted octanol–water partition coefficient (Wildman–Crippen LogP) is -0.504. The molecule has 0 amide bonds. The molecule has 0 aromatic carbocycles. The van der Waals surface area contributed by atoms with Crippen LogP contribution in [-0.2, 0) is 33.7 Å². The largest absolute Gasteiger partial charge is 0.383 e. The van der Waals surface area contributed by atoms with Crippen LogP contribution in [0.3, 0.4) is 0 Å². The van der Waals surface area contributed by atoms with Crippen LogP contribution in [0.2, 0.25) is 0 Å². The van der Waals surface area contributed by atoms with E-state index in [-0.39, 0.29) is 5.57 Å². The second-order valence-corrected chi connectivity index (χ2v) is 5.23. The highest BCUT2D eigenvalue weighted by molar-refractivity contribution is 6.33. The Kier molecular flexibility index (Phi) is 3.80. The van der Waals surface area contributed by atoms with Crippen LogP contribution < -0.4 is 0 Å². The monoisotopic (exact) mass is 308 g/mol. The Morgan fingerprint density at radius 2 is 1.82 bits per heavy atom. The fraction of sp³-hybridized carbons (Fsp3) is 0.357. The average molecular weight is 308 g/mol. The summed E-state index contributed by atoms with van der Waals surface area (Å²) in [5.41, 5.74) is -3.21. The van der Waals surface area contributed by atoms with E-state index in [2.05, 4.69) is 16.4 Å². The van der Waals surface area contributed by atoms with Gasteiger partial charge in [-0.3, -0.25) is 14.4 Å². The predicted molar refractivity (Wildman–Crippen MR) is 67.8 cm³/mol. The van der Waals surface area contributed by atoms with Crippen molar-refractivity contribution < 1.29 is 38.9 Å². The topological polar surface area (TPSA) is 124 Å². The van der Waals surface area contributed by atoms with Gasteiger partial charge in [-0.15, -0.1) is 0 Å². The Balaban J connectivity index is 2.31. The lowest BCUT2D eigenvalue weighted by atomic mass is 9.94. The van der Waals surface area contributed by atoms with Gasteiger partial charge in [0.2, 0.25) is 0 Å². The number of ketones is 3. The van der Waals surface area contributed by atoms with E-state index >= 15 is 0 Å². The maximum Gasteiger partial charge on any atom is 0.383 e. The fourth-order valence-corrected chi connectivity index (χ4v) is 2.29. The highest BCUT2D eigenvalue weighted by atomic mass is 17.2. The van der Waals surface area contributed by atoms with E-state index in [1.54, 1.807) is 0 Å². The van der Waals surface area contributed by atoms with Crippen LogP contribution in [0.5, 0.6) is 0 Å². The molecule has 2 aliphatic carbocycles. The molecule has 1 atom stereocenters. The molecule has 1 unspecified atom stereocenters. The van der Waals surface area contributed by atoms with Crippen molar-refractivity contribution in [2.45, 2.75) is 31.8 Å². The molecule has 8 nitrogen and oxygen atoms in total. The smallest absolute Gasteiger partial charge is 0.381 e. The van der Waals surface area contributed by atoms with E-state index in [1.165, 1.54) is 6.92 Å². The molecule has 0 aromatic rings. The number of rotatable bonds is 2. The highest BCUT2D eigenvalue weighted by Gasteiger charge is 2.54.